The molecule has 0 aliphatic heterocycles. The van der Waals surface area contributed by atoms with E-state index in [0.717, 1.165) is 6.54 Å². The van der Waals surface area contributed by atoms with Gasteiger partial charge in [0.15, 0.2) is 0 Å². The van der Waals surface area contributed by atoms with E-state index < -0.39 is 0 Å². The molecule has 0 amide bonds. The number of likely N-dealkylation sites (N-methyl/N-ethyl adjacent to an activating group) is 1. The Kier molecular flexibility index (Phi) is 7.20. The zero-order chi connectivity index (χ0) is 11.1. The van der Waals surface area contributed by atoms with Crippen LogP contribution in [0.2, 0.25) is 0 Å². The summed E-state index contributed by atoms with van der Waals surface area (Å²) in [5, 5.41) is 3.60. The van der Waals surface area contributed by atoms with Gasteiger partial charge in [-0.25, -0.2) is 0 Å². The topological polar surface area (TPSA) is 15.3 Å². The molecule has 0 saturated carbocycles. The molecule has 0 saturated heterocycles. The molecule has 14 heavy (non-hydrogen) atoms. The smallest absolute Gasteiger partial charge is 0.0237 e. The van der Waals surface area contributed by atoms with Gasteiger partial charge in [0.25, 0.3) is 0 Å². The maximum atomic E-state index is 3.60. The van der Waals surface area contributed by atoms with Crippen LogP contribution in [0, 0.1) is 5.92 Å². The molecule has 1 N–H and O–H groups in total. The van der Waals surface area contributed by atoms with Gasteiger partial charge in [0.05, 0.1) is 0 Å². The van der Waals surface area contributed by atoms with Gasteiger partial charge in [-0.1, -0.05) is 27.2 Å². The maximum Gasteiger partial charge on any atom is 0.0237 e. The third-order valence-corrected chi connectivity index (χ3v) is 2.83. The molecule has 2 heteroatoms. The van der Waals surface area contributed by atoms with Crippen LogP contribution in [0.5, 0.6) is 0 Å². The molecule has 0 radical (unpaired) electrons. The molecule has 0 heterocycles. The second kappa shape index (κ2) is 7.24. The molecule has 0 bridgehead atoms. The molecule has 0 fully saturated rings. The van der Waals surface area contributed by atoms with Crippen LogP contribution in [-0.2, 0) is 0 Å². The van der Waals surface area contributed by atoms with Crippen LogP contribution in [0.15, 0.2) is 0 Å². The zero-order valence-corrected chi connectivity index (χ0v) is 10.8. The summed E-state index contributed by atoms with van der Waals surface area (Å²) < 4.78 is 0. The summed E-state index contributed by atoms with van der Waals surface area (Å²) in [6.07, 6.45) is 2.54. The van der Waals surface area contributed by atoms with E-state index in [1.807, 2.05) is 0 Å². The highest BCUT2D eigenvalue weighted by atomic mass is 15.1. The van der Waals surface area contributed by atoms with Crippen LogP contribution in [0.1, 0.15) is 40.5 Å². The van der Waals surface area contributed by atoms with Crippen molar-refractivity contribution in [2.24, 2.45) is 5.92 Å². The van der Waals surface area contributed by atoms with E-state index in [0.29, 0.717) is 18.0 Å². The minimum atomic E-state index is 0.648. The summed E-state index contributed by atoms with van der Waals surface area (Å²) in [6.45, 7) is 10.2. The largest absolute Gasteiger partial charge is 0.313 e. The Morgan fingerprint density at radius 2 is 1.71 bits per heavy atom. The van der Waals surface area contributed by atoms with Gasteiger partial charge in [-0.3, -0.25) is 0 Å². The van der Waals surface area contributed by atoms with Gasteiger partial charge in [0.1, 0.15) is 0 Å². The molecular formula is C12H28N2. The van der Waals surface area contributed by atoms with Crippen molar-refractivity contribution < 1.29 is 0 Å². The molecule has 0 aromatic carbocycles. The fourth-order valence-electron chi connectivity index (χ4n) is 1.87. The summed E-state index contributed by atoms with van der Waals surface area (Å²) in [5.41, 5.74) is 0. The lowest BCUT2D eigenvalue weighted by Gasteiger charge is -2.29. The Balaban J connectivity index is 3.82. The summed E-state index contributed by atoms with van der Waals surface area (Å²) in [6, 6.07) is 1.30. The normalized spacial score (nSPS) is 16.3. The predicted molar refractivity (Wildman–Crippen MR) is 64.7 cm³/mol. The minimum Gasteiger partial charge on any atom is -0.313 e. The quantitative estimate of drug-likeness (QED) is 0.678. The van der Waals surface area contributed by atoms with E-state index in [-0.39, 0.29) is 0 Å². The number of hydrogen-bond donors (Lipinski definition) is 1. The molecule has 2 unspecified atom stereocenters. The van der Waals surface area contributed by atoms with E-state index in [2.05, 4.69) is 52.0 Å². The van der Waals surface area contributed by atoms with Gasteiger partial charge in [0, 0.05) is 18.6 Å². The second-order valence-electron chi connectivity index (χ2n) is 4.87. The third-order valence-electron chi connectivity index (χ3n) is 2.83. The zero-order valence-electron chi connectivity index (χ0n) is 10.8. The first-order chi connectivity index (χ1) is 6.49. The highest BCUT2D eigenvalue weighted by Gasteiger charge is 2.15. The van der Waals surface area contributed by atoms with Crippen LogP contribution in [-0.4, -0.2) is 37.6 Å². The van der Waals surface area contributed by atoms with Crippen LogP contribution < -0.4 is 5.32 Å². The van der Waals surface area contributed by atoms with Crippen molar-refractivity contribution in [2.45, 2.75) is 52.6 Å². The Morgan fingerprint density at radius 3 is 2.07 bits per heavy atom. The van der Waals surface area contributed by atoms with Gasteiger partial charge in [-0.2, -0.15) is 0 Å². The molecule has 86 valence electrons. The molecule has 2 atom stereocenters. The van der Waals surface area contributed by atoms with E-state index in [1.54, 1.807) is 0 Å². The SMILES string of the molecule is CCCC(C)NCC(C(C)C)N(C)C. The average Bonchev–Trinajstić information content (AvgIpc) is 2.03. The molecule has 0 aliphatic rings. The van der Waals surface area contributed by atoms with Crippen molar-refractivity contribution in [3.63, 3.8) is 0 Å². The highest BCUT2D eigenvalue weighted by molar-refractivity contribution is 4.74. The number of nitrogens with one attached hydrogen (secondary N) is 1. The van der Waals surface area contributed by atoms with Crippen molar-refractivity contribution in [1.82, 2.24) is 10.2 Å². The van der Waals surface area contributed by atoms with Crippen molar-refractivity contribution in [2.75, 3.05) is 20.6 Å². The first kappa shape index (κ1) is 13.9. The summed E-state index contributed by atoms with van der Waals surface area (Å²) >= 11 is 0. The molecule has 0 aliphatic carbocycles. The fourth-order valence-corrected chi connectivity index (χ4v) is 1.87. The Hall–Kier alpha value is -0.0800. The number of rotatable bonds is 7. The number of nitrogens with zero attached hydrogens (tertiary/aromatic N) is 1. The van der Waals surface area contributed by atoms with Gasteiger partial charge < -0.3 is 10.2 Å². The summed E-state index contributed by atoms with van der Waals surface area (Å²) in [4.78, 5) is 2.32. The summed E-state index contributed by atoms with van der Waals surface area (Å²) in [5.74, 6) is 0.714. The van der Waals surface area contributed by atoms with Crippen molar-refractivity contribution in [3.8, 4) is 0 Å². The van der Waals surface area contributed by atoms with E-state index >= 15 is 0 Å². The monoisotopic (exact) mass is 200 g/mol. The molecule has 0 aromatic heterocycles. The maximum absolute atomic E-state index is 3.60. The minimum absolute atomic E-state index is 0.648. The van der Waals surface area contributed by atoms with Crippen molar-refractivity contribution in [3.05, 3.63) is 0 Å². The lowest BCUT2D eigenvalue weighted by Crippen LogP contribution is -2.44. The van der Waals surface area contributed by atoms with Gasteiger partial charge in [-0.05, 0) is 33.4 Å². The first-order valence-electron chi connectivity index (χ1n) is 5.88. The molecule has 2 nitrogen and oxygen atoms in total. The van der Waals surface area contributed by atoms with Crippen LogP contribution in [0.4, 0.5) is 0 Å². The fraction of sp³-hybridized carbons (Fsp3) is 1.00. The predicted octanol–water partition coefficient (Wildman–Crippen LogP) is 2.35. The van der Waals surface area contributed by atoms with Crippen molar-refractivity contribution in [1.29, 1.82) is 0 Å². The Morgan fingerprint density at radius 1 is 1.14 bits per heavy atom. The number of hydrogen-bond acceptors (Lipinski definition) is 2. The van der Waals surface area contributed by atoms with Crippen molar-refractivity contribution >= 4 is 0 Å². The second-order valence-corrected chi connectivity index (χ2v) is 4.87. The first-order valence-corrected chi connectivity index (χ1v) is 5.88. The van der Waals surface area contributed by atoms with Crippen LogP contribution in [0.25, 0.3) is 0 Å². The third kappa shape index (κ3) is 5.61. The van der Waals surface area contributed by atoms with Gasteiger partial charge >= 0.3 is 0 Å². The Labute approximate surface area is 90.1 Å². The lowest BCUT2D eigenvalue weighted by molar-refractivity contribution is 0.218. The van der Waals surface area contributed by atoms with E-state index in [4.69, 9.17) is 0 Å². The van der Waals surface area contributed by atoms with Gasteiger partial charge in [-0.15, -0.1) is 0 Å². The van der Waals surface area contributed by atoms with E-state index in [1.165, 1.54) is 12.8 Å². The van der Waals surface area contributed by atoms with E-state index in [9.17, 15) is 0 Å². The van der Waals surface area contributed by atoms with Crippen LogP contribution in [0.3, 0.4) is 0 Å². The lowest BCUT2D eigenvalue weighted by atomic mass is 10.0. The molecule has 0 spiro atoms. The summed E-state index contributed by atoms with van der Waals surface area (Å²) in [7, 11) is 4.33. The molecular weight excluding hydrogens is 172 g/mol. The van der Waals surface area contributed by atoms with Crippen LogP contribution >= 0.6 is 0 Å². The molecule has 0 rings (SSSR count). The highest BCUT2D eigenvalue weighted by Crippen LogP contribution is 2.06. The standard InChI is InChI=1S/C12H28N2/c1-7-8-11(4)13-9-12(10(2)3)14(5)6/h10-13H,7-9H2,1-6H3. The average molecular weight is 200 g/mol. The molecule has 0 aromatic rings. The Bertz CT molecular complexity index is 124. The van der Waals surface area contributed by atoms with Gasteiger partial charge in [0.2, 0.25) is 0 Å².